The number of alkyl halides is 3. The number of nitrogens with one attached hydrogen (secondary N) is 1. The molecule has 11 heteroatoms. The molecule has 0 aliphatic heterocycles. The van der Waals surface area contributed by atoms with Gasteiger partial charge >= 0.3 is 11.9 Å². The fourth-order valence-corrected chi connectivity index (χ4v) is 3.50. The first-order valence-corrected chi connectivity index (χ1v) is 9.12. The molecule has 1 N–H and O–H groups in total. The van der Waals surface area contributed by atoms with Crippen LogP contribution in [-0.2, 0) is 18.8 Å². The topological polar surface area (TPSA) is 95.2 Å². The Labute approximate surface area is 163 Å². The monoisotopic (exact) mass is 414 g/mol. The Morgan fingerprint density at radius 1 is 1.28 bits per heavy atom. The lowest BCUT2D eigenvalue weighted by molar-refractivity contribution is -0.188. The number of pyridine rings is 1. The molecule has 158 valence electrons. The van der Waals surface area contributed by atoms with Crippen molar-refractivity contribution in [2.24, 2.45) is 14.1 Å². The van der Waals surface area contributed by atoms with E-state index < -0.39 is 36.0 Å². The third kappa shape index (κ3) is 4.66. The molecule has 8 nitrogen and oxygen atoms in total. The Kier molecular flexibility index (Phi) is 5.78. The Balaban J connectivity index is 1.74. The number of hydrogen-bond acceptors (Lipinski definition) is 5. The predicted molar refractivity (Wildman–Crippen MR) is 97.7 cm³/mol. The van der Waals surface area contributed by atoms with Crippen LogP contribution in [0, 0.1) is 0 Å². The highest BCUT2D eigenvalue weighted by Gasteiger charge is 2.31. The van der Waals surface area contributed by atoms with E-state index >= 15 is 0 Å². The quantitative estimate of drug-likeness (QED) is 0.813. The van der Waals surface area contributed by atoms with Crippen LogP contribution >= 0.6 is 0 Å². The molecule has 2 atom stereocenters. The van der Waals surface area contributed by atoms with Gasteiger partial charge in [0.2, 0.25) is 0 Å². The van der Waals surface area contributed by atoms with E-state index in [9.17, 15) is 27.6 Å². The lowest BCUT2D eigenvalue weighted by atomic mass is 9.92. The second kappa shape index (κ2) is 7.97. The number of carbonyl (C=O) groups excluding carboxylic acids is 1. The highest BCUT2D eigenvalue weighted by molar-refractivity contribution is 5.96. The number of nitrogens with zero attached hydrogens (tertiary/aromatic N) is 3. The molecule has 1 aliphatic rings. The molecule has 1 fully saturated rings. The summed E-state index contributed by atoms with van der Waals surface area (Å²) in [6.07, 6.45) is -1.67. The van der Waals surface area contributed by atoms with Crippen molar-refractivity contribution in [3.8, 4) is 0 Å². The average Bonchev–Trinajstić information content (AvgIpc) is 2.68. The van der Waals surface area contributed by atoms with Crippen LogP contribution in [0.3, 0.4) is 0 Å². The minimum Gasteiger partial charge on any atom is -0.369 e. The summed E-state index contributed by atoms with van der Waals surface area (Å²) in [5.74, 6) is -0.489. The Hall–Kier alpha value is -2.69. The zero-order valence-electron chi connectivity index (χ0n) is 16.0. The summed E-state index contributed by atoms with van der Waals surface area (Å²) in [5.41, 5.74) is -0.803. The third-order valence-electron chi connectivity index (χ3n) is 5.00. The summed E-state index contributed by atoms with van der Waals surface area (Å²) in [5, 5.41) is 2.89. The van der Waals surface area contributed by atoms with Gasteiger partial charge in [-0.25, -0.2) is 9.78 Å². The van der Waals surface area contributed by atoms with Crippen LogP contribution in [0.2, 0.25) is 0 Å². The van der Waals surface area contributed by atoms with Gasteiger partial charge in [0.15, 0.2) is 0 Å². The van der Waals surface area contributed by atoms with Crippen LogP contribution in [0.25, 0.3) is 11.0 Å². The first kappa shape index (κ1) is 21.0. The molecule has 2 aromatic rings. The van der Waals surface area contributed by atoms with Crippen LogP contribution < -0.4 is 16.6 Å². The number of halogens is 3. The normalized spacial score (nSPS) is 20.0. The summed E-state index contributed by atoms with van der Waals surface area (Å²) < 4.78 is 44.0. The predicted octanol–water partition coefficient (Wildman–Crippen LogP) is 1.25. The molecule has 1 aliphatic carbocycles. The van der Waals surface area contributed by atoms with Crippen LogP contribution in [-0.4, -0.2) is 45.0 Å². The lowest BCUT2D eigenvalue weighted by Crippen LogP contribution is -2.41. The summed E-state index contributed by atoms with van der Waals surface area (Å²) >= 11 is 0. The number of ether oxygens (including phenoxy) is 1. The molecular weight excluding hydrogens is 393 g/mol. The molecule has 0 aromatic carbocycles. The maximum absolute atomic E-state index is 12.6. The van der Waals surface area contributed by atoms with Crippen molar-refractivity contribution in [3.05, 3.63) is 38.7 Å². The van der Waals surface area contributed by atoms with Crippen molar-refractivity contribution in [2.75, 3.05) is 6.61 Å². The molecule has 0 bridgehead atoms. The molecule has 1 amide bonds. The average molecular weight is 414 g/mol. The largest absolute Gasteiger partial charge is 0.411 e. The van der Waals surface area contributed by atoms with Gasteiger partial charge < -0.3 is 10.1 Å². The molecule has 0 spiro atoms. The molecule has 2 aromatic heterocycles. The van der Waals surface area contributed by atoms with E-state index in [4.69, 9.17) is 4.74 Å². The highest BCUT2D eigenvalue weighted by Crippen LogP contribution is 2.24. The van der Waals surface area contributed by atoms with Gasteiger partial charge in [0, 0.05) is 26.3 Å². The first-order valence-electron chi connectivity index (χ1n) is 9.12. The van der Waals surface area contributed by atoms with Gasteiger partial charge in [-0.2, -0.15) is 13.2 Å². The molecular formula is C18H21F3N4O4. The SMILES string of the molecule is Cn1c(=O)c2cc(C(=O)N[C@@H]3CCC[C@H](OCC(F)(F)F)C3)cnc2n(C)c1=O. The summed E-state index contributed by atoms with van der Waals surface area (Å²) in [7, 11) is 2.81. The van der Waals surface area contributed by atoms with Gasteiger partial charge in [-0.05, 0) is 31.7 Å². The highest BCUT2D eigenvalue weighted by atomic mass is 19.4. The fraction of sp³-hybridized carbons (Fsp3) is 0.556. The molecule has 2 heterocycles. The minimum atomic E-state index is -4.39. The van der Waals surface area contributed by atoms with Crippen molar-refractivity contribution >= 4 is 16.9 Å². The summed E-state index contributed by atoms with van der Waals surface area (Å²) in [6, 6.07) is 1.02. The zero-order valence-corrected chi connectivity index (χ0v) is 16.0. The number of amides is 1. The Bertz CT molecular complexity index is 1040. The first-order chi connectivity index (χ1) is 13.6. The number of carbonyl (C=O) groups is 1. The molecule has 3 rings (SSSR count). The van der Waals surface area contributed by atoms with Crippen LogP contribution in [0.5, 0.6) is 0 Å². The number of fused-ring (bicyclic) bond motifs is 1. The van der Waals surface area contributed by atoms with E-state index in [0.29, 0.717) is 19.3 Å². The van der Waals surface area contributed by atoms with Crippen LogP contribution in [0.4, 0.5) is 13.2 Å². The van der Waals surface area contributed by atoms with Crippen molar-refractivity contribution in [3.63, 3.8) is 0 Å². The van der Waals surface area contributed by atoms with Crippen molar-refractivity contribution in [1.29, 1.82) is 0 Å². The summed E-state index contributed by atoms with van der Waals surface area (Å²) in [4.78, 5) is 40.9. The smallest absolute Gasteiger partial charge is 0.369 e. The van der Waals surface area contributed by atoms with Crippen molar-refractivity contribution in [2.45, 2.75) is 44.0 Å². The molecule has 0 saturated heterocycles. The van der Waals surface area contributed by atoms with Gasteiger partial charge in [0.1, 0.15) is 12.3 Å². The lowest BCUT2D eigenvalue weighted by Gasteiger charge is -2.30. The van der Waals surface area contributed by atoms with E-state index in [1.807, 2.05) is 0 Å². The second-order valence-electron chi connectivity index (χ2n) is 7.19. The van der Waals surface area contributed by atoms with E-state index in [1.54, 1.807) is 0 Å². The van der Waals surface area contributed by atoms with E-state index in [1.165, 1.54) is 30.9 Å². The van der Waals surface area contributed by atoms with Crippen molar-refractivity contribution < 1.29 is 22.7 Å². The minimum absolute atomic E-state index is 0.122. The zero-order chi connectivity index (χ0) is 21.3. The van der Waals surface area contributed by atoms with Crippen molar-refractivity contribution in [1.82, 2.24) is 19.4 Å². The Morgan fingerprint density at radius 3 is 2.69 bits per heavy atom. The maximum Gasteiger partial charge on any atom is 0.411 e. The van der Waals surface area contributed by atoms with Gasteiger partial charge in [-0.3, -0.25) is 18.7 Å². The Morgan fingerprint density at radius 2 is 2.00 bits per heavy atom. The molecule has 1 saturated carbocycles. The van der Waals surface area contributed by atoms with Crippen LogP contribution in [0.1, 0.15) is 36.0 Å². The van der Waals surface area contributed by atoms with E-state index in [2.05, 4.69) is 10.3 Å². The number of aromatic nitrogens is 3. The number of aryl methyl sites for hydroxylation is 1. The van der Waals surface area contributed by atoms with E-state index in [-0.39, 0.29) is 29.1 Å². The molecule has 29 heavy (non-hydrogen) atoms. The number of hydrogen-bond donors (Lipinski definition) is 1. The third-order valence-corrected chi connectivity index (χ3v) is 5.00. The fourth-order valence-electron chi connectivity index (χ4n) is 3.50. The van der Waals surface area contributed by atoms with Crippen LogP contribution in [0.15, 0.2) is 21.9 Å². The van der Waals surface area contributed by atoms with E-state index in [0.717, 1.165) is 4.57 Å². The van der Waals surface area contributed by atoms with Gasteiger partial charge in [0.05, 0.1) is 17.1 Å². The summed E-state index contributed by atoms with van der Waals surface area (Å²) in [6.45, 7) is -1.31. The standard InChI is InChI=1S/C18H21F3N4O4/c1-24-14-13(16(27)25(2)17(24)28)6-10(8-22-14)15(26)23-11-4-3-5-12(7-11)29-9-18(19,20)21/h6,8,11-12H,3-5,7,9H2,1-2H3,(H,23,26)/t11-,12+/m1/s1. The number of rotatable bonds is 4. The molecule has 0 unspecified atom stereocenters. The second-order valence-corrected chi connectivity index (χ2v) is 7.19. The van der Waals surface area contributed by atoms with Gasteiger partial charge in [0.25, 0.3) is 11.5 Å². The van der Waals surface area contributed by atoms with Gasteiger partial charge in [-0.1, -0.05) is 0 Å². The maximum atomic E-state index is 12.6. The molecule has 0 radical (unpaired) electrons. The van der Waals surface area contributed by atoms with Gasteiger partial charge in [-0.15, -0.1) is 0 Å².